The molecule has 0 saturated heterocycles. The van der Waals surface area contributed by atoms with E-state index in [2.05, 4.69) is 16.9 Å². The highest BCUT2D eigenvalue weighted by atomic mass is 35.5. The van der Waals surface area contributed by atoms with Crippen molar-refractivity contribution in [2.75, 3.05) is 5.32 Å². The summed E-state index contributed by atoms with van der Waals surface area (Å²) in [7, 11) is 0. The van der Waals surface area contributed by atoms with Gasteiger partial charge in [0.05, 0.1) is 5.02 Å². The summed E-state index contributed by atoms with van der Waals surface area (Å²) < 4.78 is 0. The number of phenolic OH excluding ortho intramolecular Hbond substituents is 1. The van der Waals surface area contributed by atoms with Crippen LogP contribution < -0.4 is 11.1 Å². The molecule has 1 aromatic carbocycles. The fourth-order valence-corrected chi connectivity index (χ4v) is 1.09. The van der Waals surface area contributed by atoms with Gasteiger partial charge in [0.25, 0.3) is 0 Å². The molecule has 0 aliphatic heterocycles. The minimum Gasteiger partial charge on any atom is -0.506 e. The van der Waals surface area contributed by atoms with Crippen LogP contribution in [0.15, 0.2) is 47.9 Å². The molecule has 0 fully saturated rings. The first-order chi connectivity index (χ1) is 7.63. The van der Waals surface area contributed by atoms with E-state index in [1.165, 1.54) is 18.5 Å². The van der Waals surface area contributed by atoms with Crippen LogP contribution in [0.4, 0.5) is 5.69 Å². The van der Waals surface area contributed by atoms with E-state index in [4.69, 9.17) is 17.3 Å². The third-order valence-corrected chi connectivity index (χ3v) is 1.98. The van der Waals surface area contributed by atoms with E-state index in [0.717, 1.165) is 0 Å². The van der Waals surface area contributed by atoms with E-state index < -0.39 is 0 Å². The Morgan fingerprint density at radius 3 is 2.94 bits per heavy atom. The largest absolute Gasteiger partial charge is 0.506 e. The lowest BCUT2D eigenvalue weighted by molar-refractivity contribution is 0.476. The molecule has 0 saturated carbocycles. The summed E-state index contributed by atoms with van der Waals surface area (Å²) in [4.78, 5) is 3.95. The van der Waals surface area contributed by atoms with E-state index in [9.17, 15) is 5.11 Å². The molecular weight excluding hydrogens is 226 g/mol. The number of anilines is 1. The average molecular weight is 238 g/mol. The zero-order valence-corrected chi connectivity index (χ0v) is 9.28. The van der Waals surface area contributed by atoms with Crippen LogP contribution in [0.3, 0.4) is 0 Å². The predicted molar refractivity (Wildman–Crippen MR) is 67.7 cm³/mol. The van der Waals surface area contributed by atoms with Crippen LogP contribution in [0.5, 0.6) is 5.75 Å². The van der Waals surface area contributed by atoms with Crippen LogP contribution >= 0.6 is 11.6 Å². The lowest BCUT2D eigenvalue weighted by atomic mass is 10.3. The maximum atomic E-state index is 9.36. The monoisotopic (exact) mass is 237 g/mol. The first-order valence-corrected chi connectivity index (χ1v) is 4.86. The molecule has 0 aliphatic rings. The van der Waals surface area contributed by atoms with E-state index in [1.54, 1.807) is 18.2 Å². The van der Waals surface area contributed by atoms with Gasteiger partial charge in [-0.15, -0.1) is 0 Å². The number of aromatic hydroxyl groups is 1. The minimum absolute atomic E-state index is 0.00491. The second-order valence-electron chi connectivity index (χ2n) is 2.90. The Balaban J connectivity index is 2.66. The third kappa shape index (κ3) is 3.67. The van der Waals surface area contributed by atoms with Crippen molar-refractivity contribution in [1.82, 2.24) is 0 Å². The van der Waals surface area contributed by atoms with Crippen molar-refractivity contribution in [1.29, 1.82) is 0 Å². The minimum atomic E-state index is 0.00491. The number of nitrogens with zero attached hydrogens (tertiary/aromatic N) is 1. The summed E-state index contributed by atoms with van der Waals surface area (Å²) in [5.74, 6) is 0.435. The standard InChI is InChI=1S/C11H12ClN3O/c1-8(14-6-2-5-13)15-9-3-4-10(12)11(16)7-9/h2-7,15-16H,1,13H2/b5-2-,14-6?. The molecule has 0 radical (unpaired) electrons. The summed E-state index contributed by atoms with van der Waals surface area (Å²) in [6.07, 6.45) is 4.45. The van der Waals surface area contributed by atoms with Crippen molar-refractivity contribution >= 4 is 23.5 Å². The zero-order chi connectivity index (χ0) is 12.0. The topological polar surface area (TPSA) is 70.6 Å². The normalized spacial score (nSPS) is 11.1. The van der Waals surface area contributed by atoms with Crippen LogP contribution in [-0.2, 0) is 0 Å². The molecule has 4 N–H and O–H groups in total. The van der Waals surface area contributed by atoms with Crippen molar-refractivity contribution < 1.29 is 5.11 Å². The number of nitrogens with one attached hydrogen (secondary N) is 1. The van der Waals surface area contributed by atoms with Gasteiger partial charge in [-0.2, -0.15) is 0 Å². The van der Waals surface area contributed by atoms with Crippen molar-refractivity contribution in [3.05, 3.63) is 47.9 Å². The van der Waals surface area contributed by atoms with Crippen molar-refractivity contribution in [3.8, 4) is 5.75 Å². The maximum Gasteiger partial charge on any atom is 0.136 e. The van der Waals surface area contributed by atoms with Crippen LogP contribution in [0.1, 0.15) is 0 Å². The quantitative estimate of drug-likeness (QED) is 0.705. The molecule has 0 aliphatic carbocycles. The Morgan fingerprint density at radius 1 is 1.56 bits per heavy atom. The molecule has 5 heteroatoms. The number of halogens is 1. The summed E-state index contributed by atoms with van der Waals surface area (Å²) in [5, 5.41) is 12.5. The third-order valence-electron chi connectivity index (χ3n) is 1.66. The van der Waals surface area contributed by atoms with Crippen LogP contribution in [0.2, 0.25) is 5.02 Å². The van der Waals surface area contributed by atoms with Gasteiger partial charge in [-0.1, -0.05) is 18.2 Å². The van der Waals surface area contributed by atoms with Gasteiger partial charge in [-0.3, -0.25) is 0 Å². The van der Waals surface area contributed by atoms with E-state index >= 15 is 0 Å². The van der Waals surface area contributed by atoms with Crippen LogP contribution in [-0.4, -0.2) is 11.3 Å². The zero-order valence-electron chi connectivity index (χ0n) is 8.52. The number of nitrogens with two attached hydrogens (primary N) is 1. The molecule has 0 bridgehead atoms. The Bertz CT molecular complexity index is 441. The first kappa shape index (κ1) is 12.1. The highest BCUT2D eigenvalue weighted by molar-refractivity contribution is 6.32. The smallest absolute Gasteiger partial charge is 0.136 e. The van der Waals surface area contributed by atoms with Gasteiger partial charge in [0.2, 0.25) is 0 Å². The average Bonchev–Trinajstić information content (AvgIpc) is 2.24. The second-order valence-corrected chi connectivity index (χ2v) is 3.31. The van der Waals surface area contributed by atoms with Crippen molar-refractivity contribution in [2.24, 2.45) is 10.7 Å². The number of aliphatic imine (C=N–C) groups is 1. The Hall–Kier alpha value is -1.94. The maximum absolute atomic E-state index is 9.36. The molecule has 1 rings (SSSR count). The van der Waals surface area contributed by atoms with Gasteiger partial charge in [0, 0.05) is 18.0 Å². The lowest BCUT2D eigenvalue weighted by Gasteiger charge is -2.05. The molecule has 0 heterocycles. The number of allylic oxidation sites excluding steroid dienone is 1. The Labute approximate surface area is 98.8 Å². The first-order valence-electron chi connectivity index (χ1n) is 4.49. The Kier molecular flexibility index (Phi) is 4.42. The van der Waals surface area contributed by atoms with Gasteiger partial charge in [0.15, 0.2) is 0 Å². The van der Waals surface area contributed by atoms with Gasteiger partial charge in [-0.25, -0.2) is 4.99 Å². The molecule has 0 atom stereocenters. The number of rotatable bonds is 4. The molecule has 0 aromatic heterocycles. The summed E-state index contributed by atoms with van der Waals surface area (Å²) >= 11 is 5.67. The molecule has 0 amide bonds. The van der Waals surface area contributed by atoms with E-state index in [0.29, 0.717) is 16.5 Å². The highest BCUT2D eigenvalue weighted by Crippen LogP contribution is 2.26. The number of benzene rings is 1. The van der Waals surface area contributed by atoms with Gasteiger partial charge >= 0.3 is 0 Å². The fraction of sp³-hybridized carbons (Fsp3) is 0. The van der Waals surface area contributed by atoms with Crippen molar-refractivity contribution in [2.45, 2.75) is 0 Å². The molecule has 0 spiro atoms. The molecular formula is C11H12ClN3O. The van der Waals surface area contributed by atoms with Gasteiger partial charge in [0.1, 0.15) is 11.6 Å². The number of hydrogen-bond donors (Lipinski definition) is 3. The van der Waals surface area contributed by atoms with E-state index in [1.807, 2.05) is 0 Å². The predicted octanol–water partition coefficient (Wildman–Crippen LogP) is 2.47. The molecule has 1 aromatic rings. The highest BCUT2D eigenvalue weighted by Gasteiger charge is 1.99. The SMILES string of the molecule is C=C(N=C/C=C\N)Nc1ccc(Cl)c(O)c1. The second kappa shape index (κ2) is 5.82. The number of hydrogen-bond acceptors (Lipinski definition) is 4. The van der Waals surface area contributed by atoms with Gasteiger partial charge < -0.3 is 16.2 Å². The summed E-state index contributed by atoms with van der Waals surface area (Å²) in [6, 6.07) is 4.78. The van der Waals surface area contributed by atoms with Crippen LogP contribution in [0.25, 0.3) is 0 Å². The molecule has 4 nitrogen and oxygen atoms in total. The Morgan fingerprint density at radius 2 is 2.31 bits per heavy atom. The van der Waals surface area contributed by atoms with Gasteiger partial charge in [-0.05, 0) is 24.4 Å². The summed E-state index contributed by atoms with van der Waals surface area (Å²) in [5.41, 5.74) is 5.79. The molecule has 16 heavy (non-hydrogen) atoms. The summed E-state index contributed by atoms with van der Waals surface area (Å²) in [6.45, 7) is 3.68. The number of phenols is 1. The molecule has 84 valence electrons. The van der Waals surface area contributed by atoms with Crippen LogP contribution in [0, 0.1) is 0 Å². The van der Waals surface area contributed by atoms with Crippen molar-refractivity contribution in [3.63, 3.8) is 0 Å². The van der Waals surface area contributed by atoms with E-state index in [-0.39, 0.29) is 5.75 Å². The molecule has 0 unspecified atom stereocenters. The fourth-order valence-electron chi connectivity index (χ4n) is 0.972. The lowest BCUT2D eigenvalue weighted by Crippen LogP contribution is -1.95.